The number of likely N-dealkylation sites (tertiary alicyclic amines) is 1. The predicted octanol–water partition coefficient (Wildman–Crippen LogP) is 3.75. The summed E-state index contributed by atoms with van der Waals surface area (Å²) in [5.74, 6) is -0.160. The van der Waals surface area contributed by atoms with Crippen LogP contribution in [0.3, 0.4) is 0 Å². The smallest absolute Gasteiger partial charge is 0.308 e. The first-order valence-electron chi connectivity index (χ1n) is 11.6. The van der Waals surface area contributed by atoms with Gasteiger partial charge in [0.1, 0.15) is 4.83 Å². The maximum atomic E-state index is 13.7. The molecule has 2 aliphatic rings. The van der Waals surface area contributed by atoms with Crippen LogP contribution in [0.4, 0.5) is 0 Å². The zero-order valence-electron chi connectivity index (χ0n) is 19.3. The number of fused-ring (bicyclic) bond motifs is 3. The van der Waals surface area contributed by atoms with Gasteiger partial charge in [-0.1, -0.05) is 23.9 Å². The number of hydrogen-bond acceptors (Lipinski definition) is 7. The summed E-state index contributed by atoms with van der Waals surface area (Å²) in [6, 6.07) is 7.82. The number of nitrogens with zero attached hydrogens (tertiary/aromatic N) is 3. The van der Waals surface area contributed by atoms with Crippen LogP contribution in [0.1, 0.15) is 35.3 Å². The van der Waals surface area contributed by atoms with Crippen LogP contribution in [0, 0.1) is 12.8 Å². The summed E-state index contributed by atoms with van der Waals surface area (Å²) in [5.41, 5.74) is 2.93. The molecule has 1 fully saturated rings. The number of hydrogen-bond donors (Lipinski definition) is 0. The Morgan fingerprint density at radius 1 is 1.24 bits per heavy atom. The minimum atomic E-state index is -0.205. The van der Waals surface area contributed by atoms with Gasteiger partial charge < -0.3 is 9.64 Å². The van der Waals surface area contributed by atoms with Gasteiger partial charge >= 0.3 is 5.97 Å². The summed E-state index contributed by atoms with van der Waals surface area (Å²) < 4.78 is 6.51. The van der Waals surface area contributed by atoms with Gasteiger partial charge in [-0.2, -0.15) is 0 Å². The van der Waals surface area contributed by atoms with Gasteiger partial charge in [-0.25, -0.2) is 4.98 Å². The number of ether oxygens (including phenoxy) is 1. The number of aryl methyl sites for hydroxylation is 3. The largest absolute Gasteiger partial charge is 0.469 e. The number of rotatable bonds is 5. The molecule has 1 saturated heterocycles. The second kappa shape index (κ2) is 9.54. The van der Waals surface area contributed by atoms with Crippen LogP contribution in [0.25, 0.3) is 15.9 Å². The molecule has 0 atom stereocenters. The Hall–Kier alpha value is -2.65. The van der Waals surface area contributed by atoms with Gasteiger partial charge in [0.25, 0.3) is 5.56 Å². The number of carbonyl (C=O) groups excluding carboxylic acids is 2. The molecule has 0 saturated carbocycles. The highest BCUT2D eigenvalue weighted by atomic mass is 32.2. The number of benzene rings is 1. The van der Waals surface area contributed by atoms with E-state index in [-0.39, 0.29) is 29.1 Å². The molecule has 1 amide bonds. The first kappa shape index (κ1) is 23.1. The van der Waals surface area contributed by atoms with Gasteiger partial charge in [0.05, 0.1) is 29.9 Å². The lowest BCUT2D eigenvalue weighted by Crippen LogP contribution is -2.41. The summed E-state index contributed by atoms with van der Waals surface area (Å²) in [6.45, 7) is 3.07. The third-order valence-electron chi connectivity index (χ3n) is 6.67. The van der Waals surface area contributed by atoms with Crippen molar-refractivity contribution in [3.8, 4) is 5.69 Å². The van der Waals surface area contributed by atoms with Gasteiger partial charge in [0.2, 0.25) is 5.91 Å². The molecule has 3 aromatic rings. The molecule has 3 heterocycles. The molecule has 2 aromatic heterocycles. The number of carbonyl (C=O) groups is 2. The van der Waals surface area contributed by atoms with Crippen molar-refractivity contribution in [3.05, 3.63) is 50.6 Å². The SMILES string of the molecule is COC(=O)C1CCN(C(=O)CSc2nc3sc4c(c3c(=O)n2-c2cccc(C)c2)CCC4)CC1. The third kappa shape index (κ3) is 4.27. The van der Waals surface area contributed by atoms with Crippen LogP contribution in [-0.2, 0) is 27.2 Å². The van der Waals surface area contributed by atoms with E-state index in [0.717, 1.165) is 46.3 Å². The van der Waals surface area contributed by atoms with Gasteiger partial charge in [-0.15, -0.1) is 11.3 Å². The molecular formula is C25H27N3O4S2. The fourth-order valence-electron chi connectivity index (χ4n) is 4.87. The number of thiophene rings is 1. The number of thioether (sulfide) groups is 1. The quantitative estimate of drug-likeness (QED) is 0.303. The van der Waals surface area contributed by atoms with E-state index in [1.165, 1.54) is 23.7 Å². The van der Waals surface area contributed by atoms with Crippen LogP contribution in [-0.4, -0.2) is 52.3 Å². The summed E-state index contributed by atoms with van der Waals surface area (Å²) in [7, 11) is 1.40. The number of aromatic nitrogens is 2. The Kier molecular flexibility index (Phi) is 6.48. The van der Waals surface area contributed by atoms with Gasteiger partial charge in [0.15, 0.2) is 5.16 Å². The van der Waals surface area contributed by atoms with Gasteiger partial charge in [-0.3, -0.25) is 19.0 Å². The molecule has 1 aromatic carbocycles. The third-order valence-corrected chi connectivity index (χ3v) is 8.78. The summed E-state index contributed by atoms with van der Waals surface area (Å²) in [5, 5.41) is 1.28. The normalized spacial score (nSPS) is 16.1. The average molecular weight is 498 g/mol. The Morgan fingerprint density at radius 3 is 2.76 bits per heavy atom. The van der Waals surface area contributed by atoms with E-state index in [1.54, 1.807) is 20.8 Å². The number of methoxy groups -OCH3 is 1. The lowest BCUT2D eigenvalue weighted by atomic mass is 9.97. The van der Waals surface area contributed by atoms with E-state index in [4.69, 9.17) is 9.72 Å². The standard InChI is InChI=1S/C25H27N3O4S2/c1-15-5-3-6-17(13-15)28-23(30)21-18-7-4-8-19(18)34-22(21)26-25(28)33-14-20(29)27-11-9-16(10-12-27)24(31)32-2/h3,5-6,13,16H,4,7-12,14H2,1-2H3. The van der Waals surface area contributed by atoms with E-state index >= 15 is 0 Å². The highest BCUT2D eigenvalue weighted by Crippen LogP contribution is 2.36. The monoisotopic (exact) mass is 497 g/mol. The summed E-state index contributed by atoms with van der Waals surface area (Å²) >= 11 is 2.92. The molecule has 1 aliphatic heterocycles. The van der Waals surface area contributed by atoms with Gasteiger partial charge in [-0.05, 0) is 62.3 Å². The Morgan fingerprint density at radius 2 is 2.03 bits per heavy atom. The van der Waals surface area contributed by atoms with Crippen molar-refractivity contribution in [2.45, 2.75) is 44.2 Å². The number of piperidine rings is 1. The molecule has 0 bridgehead atoms. The maximum absolute atomic E-state index is 13.7. The molecule has 9 heteroatoms. The first-order chi connectivity index (χ1) is 16.5. The first-order valence-corrected chi connectivity index (χ1v) is 13.4. The lowest BCUT2D eigenvalue weighted by Gasteiger charge is -2.30. The fourth-order valence-corrected chi connectivity index (χ4v) is 7.08. The topological polar surface area (TPSA) is 81.5 Å². The molecule has 178 valence electrons. The van der Waals surface area contributed by atoms with Crippen molar-refractivity contribution >= 4 is 45.2 Å². The predicted molar refractivity (Wildman–Crippen MR) is 134 cm³/mol. The van der Waals surface area contributed by atoms with Crippen molar-refractivity contribution in [1.82, 2.24) is 14.5 Å². The van der Waals surface area contributed by atoms with Gasteiger partial charge in [0, 0.05) is 18.0 Å². The van der Waals surface area contributed by atoms with Crippen molar-refractivity contribution in [2.75, 3.05) is 26.0 Å². The van der Waals surface area contributed by atoms with Crippen LogP contribution in [0.5, 0.6) is 0 Å². The Balaban J connectivity index is 1.43. The van der Waals surface area contributed by atoms with Crippen LogP contribution in [0.15, 0.2) is 34.2 Å². The minimum Gasteiger partial charge on any atom is -0.469 e. The van der Waals surface area contributed by atoms with E-state index in [2.05, 4.69) is 0 Å². The molecule has 1 aliphatic carbocycles. The van der Waals surface area contributed by atoms with Crippen LogP contribution >= 0.6 is 23.1 Å². The molecule has 0 spiro atoms. The van der Waals surface area contributed by atoms with Crippen molar-refractivity contribution < 1.29 is 14.3 Å². The number of amides is 1. The second-order valence-electron chi connectivity index (χ2n) is 8.88. The zero-order valence-corrected chi connectivity index (χ0v) is 21.0. The fraction of sp³-hybridized carbons (Fsp3) is 0.440. The molecule has 7 nitrogen and oxygen atoms in total. The van der Waals surface area contributed by atoms with Crippen LogP contribution < -0.4 is 5.56 Å². The zero-order chi connectivity index (χ0) is 23.8. The van der Waals surface area contributed by atoms with Crippen molar-refractivity contribution in [2.24, 2.45) is 5.92 Å². The number of esters is 1. The Labute approximate surface area is 206 Å². The van der Waals surface area contributed by atoms with E-state index in [1.807, 2.05) is 31.2 Å². The highest BCUT2D eigenvalue weighted by molar-refractivity contribution is 7.99. The maximum Gasteiger partial charge on any atom is 0.308 e. The molecule has 0 radical (unpaired) electrons. The van der Waals surface area contributed by atoms with Crippen LogP contribution in [0.2, 0.25) is 0 Å². The summed E-state index contributed by atoms with van der Waals surface area (Å²) in [6.07, 6.45) is 4.23. The molecule has 5 rings (SSSR count). The Bertz CT molecular complexity index is 1320. The average Bonchev–Trinajstić information content (AvgIpc) is 3.43. The summed E-state index contributed by atoms with van der Waals surface area (Å²) in [4.78, 5) is 47.2. The van der Waals surface area contributed by atoms with E-state index in [0.29, 0.717) is 31.1 Å². The molecular weight excluding hydrogens is 470 g/mol. The van der Waals surface area contributed by atoms with Crippen molar-refractivity contribution in [3.63, 3.8) is 0 Å². The van der Waals surface area contributed by atoms with E-state index < -0.39 is 0 Å². The molecule has 34 heavy (non-hydrogen) atoms. The highest BCUT2D eigenvalue weighted by Gasteiger charge is 2.29. The second-order valence-corrected chi connectivity index (χ2v) is 10.9. The molecule has 0 unspecified atom stereocenters. The lowest BCUT2D eigenvalue weighted by molar-refractivity contribution is -0.148. The van der Waals surface area contributed by atoms with Crippen molar-refractivity contribution in [1.29, 1.82) is 0 Å². The minimum absolute atomic E-state index is 0.00729. The van der Waals surface area contributed by atoms with E-state index in [9.17, 15) is 14.4 Å². The molecule has 0 N–H and O–H groups in total.